The molecule has 3 rings (SSSR count). The number of para-hydroxylation sites is 1. The lowest BCUT2D eigenvalue weighted by atomic mass is 10.1. The number of nitrogens with zero attached hydrogens (tertiary/aromatic N) is 3. The quantitative estimate of drug-likeness (QED) is 0.514. The molecule has 0 amide bonds. The maximum absolute atomic E-state index is 12.3. The first-order valence-corrected chi connectivity index (χ1v) is 8.40. The maximum Gasteiger partial charge on any atom is 0.196 e. The van der Waals surface area contributed by atoms with Crippen LogP contribution in [0.25, 0.3) is 5.69 Å². The third-order valence-electron chi connectivity index (χ3n) is 3.31. The lowest BCUT2D eigenvalue weighted by molar-refractivity contribution is 0.102. The number of carbonyl (C=O) groups is 1. The lowest BCUT2D eigenvalue weighted by Crippen LogP contribution is -2.04. The number of halogens is 1. The topological polar surface area (TPSA) is 47.8 Å². The number of Topliss-reactive ketones (excluding diaryl/α,β-unsaturated/α-hetero) is 1. The molecule has 0 fully saturated rings. The summed E-state index contributed by atoms with van der Waals surface area (Å²) in [6.07, 6.45) is 0. The van der Waals surface area contributed by atoms with Gasteiger partial charge in [-0.2, -0.15) is 0 Å². The van der Waals surface area contributed by atoms with E-state index in [2.05, 4.69) is 10.2 Å². The van der Waals surface area contributed by atoms with Crippen molar-refractivity contribution < 1.29 is 4.79 Å². The fraction of sp³-hybridized carbons (Fsp3) is 0.118. The van der Waals surface area contributed by atoms with Crippen molar-refractivity contribution in [3.05, 3.63) is 71.0 Å². The van der Waals surface area contributed by atoms with Crippen molar-refractivity contribution in [2.75, 3.05) is 5.75 Å². The highest BCUT2D eigenvalue weighted by molar-refractivity contribution is 7.99. The lowest BCUT2D eigenvalue weighted by Gasteiger charge is -2.07. The van der Waals surface area contributed by atoms with Crippen molar-refractivity contribution in [1.29, 1.82) is 0 Å². The zero-order valence-corrected chi connectivity index (χ0v) is 14.0. The minimum atomic E-state index is 0.0342. The van der Waals surface area contributed by atoms with E-state index in [1.165, 1.54) is 11.8 Å². The van der Waals surface area contributed by atoms with Gasteiger partial charge in [0.15, 0.2) is 10.9 Å². The van der Waals surface area contributed by atoms with E-state index in [9.17, 15) is 4.79 Å². The fourth-order valence-electron chi connectivity index (χ4n) is 2.16. The third-order valence-corrected chi connectivity index (χ3v) is 4.49. The molecule has 116 valence electrons. The Hall–Kier alpha value is -2.11. The molecule has 0 N–H and O–H groups in total. The Balaban J connectivity index is 1.77. The zero-order chi connectivity index (χ0) is 16.2. The van der Waals surface area contributed by atoms with E-state index in [0.717, 1.165) is 11.5 Å². The van der Waals surface area contributed by atoms with Crippen LogP contribution in [0.1, 0.15) is 16.2 Å². The predicted octanol–water partition coefficient (Wildman–Crippen LogP) is 4.20. The average molecular weight is 344 g/mol. The highest BCUT2D eigenvalue weighted by Gasteiger charge is 2.14. The molecule has 0 atom stereocenters. The van der Waals surface area contributed by atoms with Crippen molar-refractivity contribution in [1.82, 2.24) is 14.8 Å². The van der Waals surface area contributed by atoms with E-state index >= 15 is 0 Å². The van der Waals surface area contributed by atoms with Crippen LogP contribution >= 0.6 is 23.4 Å². The molecule has 0 radical (unpaired) electrons. The van der Waals surface area contributed by atoms with Crippen molar-refractivity contribution in [3.8, 4) is 5.69 Å². The SMILES string of the molecule is Cc1nnc(SCC(=O)c2ccc(Cl)cc2)n1-c1ccccc1. The van der Waals surface area contributed by atoms with Gasteiger partial charge in [0, 0.05) is 16.3 Å². The second-order valence-corrected chi connectivity index (χ2v) is 6.30. The normalized spacial score (nSPS) is 10.7. The van der Waals surface area contributed by atoms with E-state index in [4.69, 9.17) is 11.6 Å². The molecule has 0 bridgehead atoms. The summed E-state index contributed by atoms with van der Waals surface area (Å²) in [5.41, 5.74) is 1.63. The molecule has 23 heavy (non-hydrogen) atoms. The standard InChI is InChI=1S/C17H14ClN3OS/c1-12-19-20-17(21(12)15-5-3-2-4-6-15)23-11-16(22)13-7-9-14(18)10-8-13/h2-10H,11H2,1H3. The average Bonchev–Trinajstić information content (AvgIpc) is 2.95. The van der Waals surface area contributed by atoms with Gasteiger partial charge in [0.05, 0.1) is 5.75 Å². The Bertz CT molecular complexity index is 816. The molecule has 0 unspecified atom stereocenters. The van der Waals surface area contributed by atoms with Gasteiger partial charge < -0.3 is 0 Å². The van der Waals surface area contributed by atoms with Crippen molar-refractivity contribution in [3.63, 3.8) is 0 Å². The van der Waals surface area contributed by atoms with Gasteiger partial charge in [-0.05, 0) is 43.3 Å². The van der Waals surface area contributed by atoms with Crippen LogP contribution in [0, 0.1) is 6.92 Å². The Kier molecular flexibility index (Phi) is 4.79. The summed E-state index contributed by atoms with van der Waals surface area (Å²) in [5, 5.41) is 9.62. The molecule has 0 aliphatic heterocycles. The van der Waals surface area contributed by atoms with Gasteiger partial charge in [-0.25, -0.2) is 0 Å². The number of carbonyl (C=O) groups excluding carboxylic acids is 1. The Morgan fingerprint density at radius 2 is 1.78 bits per heavy atom. The minimum absolute atomic E-state index is 0.0342. The van der Waals surface area contributed by atoms with E-state index < -0.39 is 0 Å². The summed E-state index contributed by atoms with van der Waals surface area (Å²) in [7, 11) is 0. The van der Waals surface area contributed by atoms with Gasteiger partial charge >= 0.3 is 0 Å². The van der Waals surface area contributed by atoms with Crippen molar-refractivity contribution in [2.45, 2.75) is 12.1 Å². The number of hydrogen-bond donors (Lipinski definition) is 0. The van der Waals surface area contributed by atoms with Crippen LogP contribution in [-0.4, -0.2) is 26.3 Å². The summed E-state index contributed by atoms with van der Waals surface area (Å²) in [6, 6.07) is 16.8. The molecule has 3 aromatic rings. The Morgan fingerprint density at radius 3 is 2.48 bits per heavy atom. The molecule has 0 aliphatic carbocycles. The van der Waals surface area contributed by atoms with Crippen LogP contribution in [0.15, 0.2) is 59.8 Å². The highest BCUT2D eigenvalue weighted by atomic mass is 35.5. The second-order valence-electron chi connectivity index (χ2n) is 4.92. The third kappa shape index (κ3) is 3.63. The first-order valence-electron chi connectivity index (χ1n) is 7.04. The van der Waals surface area contributed by atoms with Gasteiger partial charge in [-0.3, -0.25) is 9.36 Å². The molecule has 0 spiro atoms. The molecule has 0 saturated carbocycles. The number of ketones is 1. The molecule has 0 aliphatic rings. The van der Waals surface area contributed by atoms with Crippen LogP contribution in [0.5, 0.6) is 0 Å². The summed E-state index contributed by atoms with van der Waals surface area (Å²) in [4.78, 5) is 12.3. The molecule has 2 aromatic carbocycles. The van der Waals surface area contributed by atoms with E-state index in [0.29, 0.717) is 21.5 Å². The molecule has 6 heteroatoms. The van der Waals surface area contributed by atoms with Gasteiger partial charge in [0.25, 0.3) is 0 Å². The van der Waals surface area contributed by atoms with Crippen LogP contribution in [0.3, 0.4) is 0 Å². The minimum Gasteiger partial charge on any atom is -0.293 e. The molecule has 1 heterocycles. The van der Waals surface area contributed by atoms with Crippen molar-refractivity contribution >= 4 is 29.1 Å². The van der Waals surface area contributed by atoms with Crippen LogP contribution in [0.4, 0.5) is 0 Å². The molecule has 0 saturated heterocycles. The fourth-order valence-corrected chi connectivity index (χ4v) is 3.18. The Labute approximate surface area is 143 Å². The highest BCUT2D eigenvalue weighted by Crippen LogP contribution is 2.22. The molecular weight excluding hydrogens is 330 g/mol. The largest absolute Gasteiger partial charge is 0.293 e. The smallest absolute Gasteiger partial charge is 0.196 e. The first kappa shape index (κ1) is 15.8. The summed E-state index contributed by atoms with van der Waals surface area (Å²) >= 11 is 7.22. The van der Waals surface area contributed by atoms with E-state index in [1.807, 2.05) is 41.8 Å². The summed E-state index contributed by atoms with van der Waals surface area (Å²) < 4.78 is 1.94. The monoisotopic (exact) mass is 343 g/mol. The first-order chi connectivity index (χ1) is 11.1. The van der Waals surface area contributed by atoms with Gasteiger partial charge in [-0.15, -0.1) is 10.2 Å². The predicted molar refractivity (Wildman–Crippen MR) is 92.6 cm³/mol. The summed E-state index contributed by atoms with van der Waals surface area (Å²) in [5.74, 6) is 1.12. The number of benzene rings is 2. The number of aryl methyl sites for hydroxylation is 1. The van der Waals surface area contributed by atoms with Crippen LogP contribution in [-0.2, 0) is 0 Å². The van der Waals surface area contributed by atoms with Gasteiger partial charge in [-0.1, -0.05) is 41.6 Å². The number of thioether (sulfide) groups is 1. The number of hydrogen-bond acceptors (Lipinski definition) is 4. The van der Waals surface area contributed by atoms with Gasteiger partial charge in [0.1, 0.15) is 5.82 Å². The van der Waals surface area contributed by atoms with Gasteiger partial charge in [0.2, 0.25) is 0 Å². The molecule has 4 nitrogen and oxygen atoms in total. The van der Waals surface area contributed by atoms with E-state index in [1.54, 1.807) is 24.3 Å². The van der Waals surface area contributed by atoms with Crippen molar-refractivity contribution in [2.24, 2.45) is 0 Å². The zero-order valence-electron chi connectivity index (χ0n) is 12.4. The van der Waals surface area contributed by atoms with Crippen LogP contribution < -0.4 is 0 Å². The number of aromatic nitrogens is 3. The molecule has 1 aromatic heterocycles. The molecular formula is C17H14ClN3OS. The van der Waals surface area contributed by atoms with E-state index in [-0.39, 0.29) is 5.78 Å². The maximum atomic E-state index is 12.3. The summed E-state index contributed by atoms with van der Waals surface area (Å²) in [6.45, 7) is 1.89. The number of rotatable bonds is 5. The second kappa shape index (κ2) is 6.98. The Morgan fingerprint density at radius 1 is 1.09 bits per heavy atom. The van der Waals surface area contributed by atoms with Crippen LogP contribution in [0.2, 0.25) is 5.02 Å².